The Morgan fingerprint density at radius 2 is 2.00 bits per heavy atom. The second-order valence-electron chi connectivity index (χ2n) is 5.51. The molecule has 2 rings (SSSR count). The lowest BCUT2D eigenvalue weighted by Gasteiger charge is -2.33. The minimum absolute atomic E-state index is 0.0709. The molecule has 0 saturated heterocycles. The molecule has 1 saturated carbocycles. The first-order valence-electron chi connectivity index (χ1n) is 6.60. The van der Waals surface area contributed by atoms with Crippen LogP contribution in [0.3, 0.4) is 0 Å². The zero-order valence-corrected chi connectivity index (χ0v) is 11.1. The fourth-order valence-electron chi connectivity index (χ4n) is 2.67. The van der Waals surface area contributed by atoms with Crippen molar-refractivity contribution in [1.29, 1.82) is 0 Å². The largest absolute Gasteiger partial charge is 0.481 e. The summed E-state index contributed by atoms with van der Waals surface area (Å²) in [6.45, 7) is 1.73. The van der Waals surface area contributed by atoms with E-state index in [1.807, 2.05) is 30.3 Å². The smallest absolute Gasteiger partial charge is 0.309 e. The molecule has 1 aromatic carbocycles. The van der Waals surface area contributed by atoms with Crippen LogP contribution in [0.5, 0.6) is 0 Å². The van der Waals surface area contributed by atoms with Crippen molar-refractivity contribution in [3.8, 4) is 0 Å². The van der Waals surface area contributed by atoms with Crippen LogP contribution in [0.2, 0.25) is 0 Å². The van der Waals surface area contributed by atoms with Gasteiger partial charge in [0.1, 0.15) is 0 Å². The zero-order valence-electron chi connectivity index (χ0n) is 11.1. The highest BCUT2D eigenvalue weighted by Gasteiger charge is 2.40. The molecular weight excluding hydrogens is 242 g/mol. The van der Waals surface area contributed by atoms with Gasteiger partial charge in [-0.3, -0.25) is 9.59 Å². The van der Waals surface area contributed by atoms with Gasteiger partial charge in [-0.2, -0.15) is 0 Å². The Bertz CT molecular complexity index is 472. The maximum absolute atomic E-state index is 12.2. The molecule has 0 bridgehead atoms. The Kier molecular flexibility index (Phi) is 3.88. The lowest BCUT2D eigenvalue weighted by atomic mass is 9.70. The third-order valence-corrected chi connectivity index (χ3v) is 3.91. The van der Waals surface area contributed by atoms with Gasteiger partial charge < -0.3 is 10.4 Å². The van der Waals surface area contributed by atoms with Crippen molar-refractivity contribution in [3.63, 3.8) is 0 Å². The molecule has 0 aliphatic heterocycles. The van der Waals surface area contributed by atoms with E-state index in [9.17, 15) is 14.7 Å². The molecule has 0 aromatic heterocycles. The van der Waals surface area contributed by atoms with Gasteiger partial charge in [0.2, 0.25) is 5.91 Å². The molecule has 19 heavy (non-hydrogen) atoms. The number of benzene rings is 1. The lowest BCUT2D eigenvalue weighted by molar-refractivity contribution is -0.151. The van der Waals surface area contributed by atoms with E-state index in [4.69, 9.17) is 0 Å². The Morgan fingerprint density at radius 1 is 1.32 bits per heavy atom. The van der Waals surface area contributed by atoms with E-state index >= 15 is 0 Å². The minimum atomic E-state index is -0.801. The monoisotopic (exact) mass is 261 g/mol. The third kappa shape index (κ3) is 3.13. The summed E-state index contributed by atoms with van der Waals surface area (Å²) in [5, 5.41) is 12.1. The minimum Gasteiger partial charge on any atom is -0.481 e. The van der Waals surface area contributed by atoms with Crippen molar-refractivity contribution in [2.45, 2.75) is 32.6 Å². The molecule has 0 spiro atoms. The highest BCUT2D eigenvalue weighted by atomic mass is 16.4. The van der Waals surface area contributed by atoms with Crippen LogP contribution >= 0.6 is 0 Å². The molecular formula is C15H19NO3. The Hall–Kier alpha value is -1.84. The third-order valence-electron chi connectivity index (χ3n) is 3.91. The van der Waals surface area contributed by atoms with Gasteiger partial charge in [-0.25, -0.2) is 0 Å². The van der Waals surface area contributed by atoms with Crippen LogP contribution in [0, 0.1) is 11.3 Å². The van der Waals surface area contributed by atoms with Crippen molar-refractivity contribution in [3.05, 3.63) is 30.3 Å². The van der Waals surface area contributed by atoms with Gasteiger partial charge in [-0.1, -0.05) is 24.6 Å². The topological polar surface area (TPSA) is 66.4 Å². The highest BCUT2D eigenvalue weighted by Crippen LogP contribution is 2.39. The van der Waals surface area contributed by atoms with E-state index in [0.717, 1.165) is 18.5 Å². The first-order chi connectivity index (χ1) is 9.01. The molecule has 2 N–H and O–H groups in total. The molecule has 0 heterocycles. The van der Waals surface area contributed by atoms with Crippen molar-refractivity contribution < 1.29 is 14.7 Å². The van der Waals surface area contributed by atoms with Crippen LogP contribution in [0.15, 0.2) is 30.3 Å². The number of rotatable bonds is 3. The fourth-order valence-corrected chi connectivity index (χ4v) is 2.67. The summed E-state index contributed by atoms with van der Waals surface area (Å²) in [7, 11) is 0. The van der Waals surface area contributed by atoms with Gasteiger partial charge in [-0.15, -0.1) is 0 Å². The van der Waals surface area contributed by atoms with Crippen molar-refractivity contribution in [2.75, 3.05) is 5.32 Å². The maximum Gasteiger partial charge on any atom is 0.309 e. The van der Waals surface area contributed by atoms with Crippen LogP contribution in [0.25, 0.3) is 0 Å². The molecule has 102 valence electrons. The first-order valence-corrected chi connectivity index (χ1v) is 6.60. The highest BCUT2D eigenvalue weighted by molar-refractivity contribution is 5.93. The number of anilines is 1. The van der Waals surface area contributed by atoms with Crippen molar-refractivity contribution in [2.24, 2.45) is 11.3 Å². The number of carbonyl (C=O) groups excluding carboxylic acids is 1. The van der Waals surface area contributed by atoms with Gasteiger partial charge in [0.15, 0.2) is 0 Å². The molecule has 1 fully saturated rings. The first kappa shape index (κ1) is 13.6. The number of nitrogens with one attached hydrogen (secondary N) is 1. The molecule has 2 atom stereocenters. The van der Waals surface area contributed by atoms with Crippen molar-refractivity contribution in [1.82, 2.24) is 0 Å². The van der Waals surface area contributed by atoms with Gasteiger partial charge in [-0.05, 0) is 38.3 Å². The van der Waals surface area contributed by atoms with E-state index in [-0.39, 0.29) is 11.8 Å². The number of hydrogen-bond donors (Lipinski definition) is 2. The van der Waals surface area contributed by atoms with Gasteiger partial charge in [0, 0.05) is 11.6 Å². The molecule has 2 unspecified atom stereocenters. The van der Waals surface area contributed by atoms with Crippen LogP contribution in [-0.4, -0.2) is 17.0 Å². The standard InChI is InChI=1S/C15H19NO3/c1-15(14(18)19)9-5-6-11(10-15)13(17)16-12-7-3-2-4-8-12/h2-4,7-8,11H,5-6,9-10H2,1H3,(H,16,17)(H,18,19). The van der Waals surface area contributed by atoms with E-state index < -0.39 is 11.4 Å². The normalized spacial score (nSPS) is 26.7. The van der Waals surface area contributed by atoms with Crippen LogP contribution < -0.4 is 5.32 Å². The predicted molar refractivity (Wildman–Crippen MR) is 72.8 cm³/mol. The zero-order chi connectivity index (χ0) is 13.9. The SMILES string of the molecule is CC1(C(=O)O)CCCC(C(=O)Nc2ccccc2)C1. The summed E-state index contributed by atoms with van der Waals surface area (Å²) in [5.41, 5.74) is -0.00757. The van der Waals surface area contributed by atoms with E-state index in [1.54, 1.807) is 6.92 Å². The summed E-state index contributed by atoms with van der Waals surface area (Å²) < 4.78 is 0. The second kappa shape index (κ2) is 5.43. The molecule has 4 nitrogen and oxygen atoms in total. The number of carboxylic acid groups (broad SMARTS) is 1. The Morgan fingerprint density at radius 3 is 2.63 bits per heavy atom. The molecule has 4 heteroatoms. The Balaban J connectivity index is 2.02. The average Bonchev–Trinajstić information content (AvgIpc) is 2.40. The van der Waals surface area contributed by atoms with E-state index in [1.165, 1.54) is 0 Å². The predicted octanol–water partition coefficient (Wildman–Crippen LogP) is 2.91. The molecule has 1 amide bonds. The molecule has 1 aromatic rings. The van der Waals surface area contributed by atoms with Gasteiger partial charge in [0.25, 0.3) is 0 Å². The number of para-hydroxylation sites is 1. The van der Waals surface area contributed by atoms with Crippen LogP contribution in [-0.2, 0) is 9.59 Å². The number of carbonyl (C=O) groups is 2. The number of amides is 1. The van der Waals surface area contributed by atoms with Gasteiger partial charge >= 0.3 is 5.97 Å². The summed E-state index contributed by atoms with van der Waals surface area (Å²) in [4.78, 5) is 23.4. The van der Waals surface area contributed by atoms with E-state index in [2.05, 4.69) is 5.32 Å². The quantitative estimate of drug-likeness (QED) is 0.879. The summed E-state index contributed by atoms with van der Waals surface area (Å²) in [6, 6.07) is 9.27. The number of hydrogen-bond acceptors (Lipinski definition) is 2. The summed E-state index contributed by atoms with van der Waals surface area (Å²) >= 11 is 0. The Labute approximate surface area is 112 Å². The fraction of sp³-hybridized carbons (Fsp3) is 0.467. The molecule has 1 aliphatic rings. The maximum atomic E-state index is 12.2. The van der Waals surface area contributed by atoms with Crippen LogP contribution in [0.1, 0.15) is 32.6 Å². The summed E-state index contributed by atoms with van der Waals surface area (Å²) in [6.07, 6.45) is 2.62. The molecule has 0 radical (unpaired) electrons. The van der Waals surface area contributed by atoms with Gasteiger partial charge in [0.05, 0.1) is 5.41 Å². The van der Waals surface area contributed by atoms with Crippen molar-refractivity contribution >= 4 is 17.6 Å². The summed E-state index contributed by atoms with van der Waals surface area (Å²) in [5.74, 6) is -1.09. The number of carboxylic acids is 1. The number of aliphatic carboxylic acids is 1. The molecule has 1 aliphatic carbocycles. The van der Waals surface area contributed by atoms with E-state index in [0.29, 0.717) is 12.8 Å². The van der Waals surface area contributed by atoms with Crippen LogP contribution in [0.4, 0.5) is 5.69 Å². The second-order valence-corrected chi connectivity index (χ2v) is 5.51. The lowest BCUT2D eigenvalue weighted by Crippen LogP contribution is -2.37. The average molecular weight is 261 g/mol.